The summed E-state index contributed by atoms with van der Waals surface area (Å²) in [5.74, 6) is 6.05. The number of benzene rings is 1. The van der Waals surface area contributed by atoms with Gasteiger partial charge in [-0.15, -0.1) is 0 Å². The molecular formula is C12H17FN2. The minimum absolute atomic E-state index is 0.0434. The van der Waals surface area contributed by atoms with Crippen molar-refractivity contribution in [2.75, 3.05) is 0 Å². The molecule has 2 rings (SSSR count). The van der Waals surface area contributed by atoms with Crippen LogP contribution in [0.1, 0.15) is 36.4 Å². The Hall–Kier alpha value is -0.930. The van der Waals surface area contributed by atoms with Crippen molar-refractivity contribution in [2.45, 2.75) is 32.2 Å². The van der Waals surface area contributed by atoms with Crippen LogP contribution in [0.4, 0.5) is 4.39 Å². The molecule has 1 aliphatic rings. The first kappa shape index (κ1) is 10.6. The van der Waals surface area contributed by atoms with E-state index in [1.165, 1.54) is 12.8 Å². The van der Waals surface area contributed by atoms with Gasteiger partial charge in [0.1, 0.15) is 5.82 Å². The lowest BCUT2D eigenvalue weighted by atomic mass is 10.00. The summed E-state index contributed by atoms with van der Waals surface area (Å²) >= 11 is 0. The Morgan fingerprint density at radius 2 is 2.27 bits per heavy atom. The van der Waals surface area contributed by atoms with Crippen LogP contribution >= 0.6 is 0 Å². The first-order valence-corrected chi connectivity index (χ1v) is 5.43. The van der Waals surface area contributed by atoms with Crippen LogP contribution in [0.2, 0.25) is 0 Å². The molecule has 0 aliphatic heterocycles. The van der Waals surface area contributed by atoms with Gasteiger partial charge in [-0.25, -0.2) is 4.39 Å². The molecule has 15 heavy (non-hydrogen) atoms. The van der Waals surface area contributed by atoms with Gasteiger partial charge in [-0.2, -0.15) is 0 Å². The lowest BCUT2D eigenvalue weighted by Crippen LogP contribution is -2.29. The highest BCUT2D eigenvalue weighted by atomic mass is 19.1. The highest BCUT2D eigenvalue weighted by Gasteiger charge is 2.26. The van der Waals surface area contributed by atoms with E-state index >= 15 is 0 Å². The molecule has 0 aromatic heterocycles. The summed E-state index contributed by atoms with van der Waals surface area (Å²) in [6.07, 6.45) is 3.45. The molecule has 0 saturated heterocycles. The highest BCUT2D eigenvalue weighted by molar-refractivity contribution is 5.26. The first-order chi connectivity index (χ1) is 7.20. The van der Waals surface area contributed by atoms with E-state index in [1.807, 2.05) is 19.1 Å². The number of nitrogens with one attached hydrogen (secondary N) is 1. The number of rotatable bonds is 4. The third-order valence-electron chi connectivity index (χ3n) is 3.00. The van der Waals surface area contributed by atoms with E-state index in [-0.39, 0.29) is 11.9 Å². The molecule has 82 valence electrons. The monoisotopic (exact) mass is 208 g/mol. The van der Waals surface area contributed by atoms with Crippen LogP contribution in [-0.2, 0) is 0 Å². The molecule has 0 heterocycles. The number of hydrogen-bond donors (Lipinski definition) is 2. The van der Waals surface area contributed by atoms with Crippen molar-refractivity contribution in [3.8, 4) is 0 Å². The van der Waals surface area contributed by atoms with Crippen molar-refractivity contribution in [2.24, 2.45) is 11.8 Å². The molecule has 1 atom stereocenters. The summed E-state index contributed by atoms with van der Waals surface area (Å²) in [4.78, 5) is 0. The molecule has 0 bridgehead atoms. The second-order valence-corrected chi connectivity index (χ2v) is 4.42. The van der Waals surface area contributed by atoms with Crippen molar-refractivity contribution >= 4 is 0 Å². The number of aryl methyl sites for hydroxylation is 1. The Morgan fingerprint density at radius 3 is 2.80 bits per heavy atom. The maximum absolute atomic E-state index is 13.7. The zero-order valence-corrected chi connectivity index (χ0v) is 8.96. The van der Waals surface area contributed by atoms with Crippen LogP contribution < -0.4 is 11.3 Å². The summed E-state index contributed by atoms with van der Waals surface area (Å²) in [6.45, 7) is 1.89. The molecular weight excluding hydrogens is 191 g/mol. The molecule has 3 N–H and O–H groups in total. The average Bonchev–Trinajstić information content (AvgIpc) is 2.99. The summed E-state index contributed by atoms with van der Waals surface area (Å²) in [5, 5.41) is 0. The van der Waals surface area contributed by atoms with E-state index < -0.39 is 0 Å². The van der Waals surface area contributed by atoms with Crippen LogP contribution in [0.5, 0.6) is 0 Å². The predicted octanol–water partition coefficient (Wildman–Crippen LogP) is 2.44. The van der Waals surface area contributed by atoms with E-state index in [9.17, 15) is 4.39 Å². The number of hydrazine groups is 1. The van der Waals surface area contributed by atoms with Gasteiger partial charge in [0.2, 0.25) is 0 Å². The summed E-state index contributed by atoms with van der Waals surface area (Å²) in [6, 6.07) is 5.28. The van der Waals surface area contributed by atoms with E-state index in [2.05, 4.69) is 5.43 Å². The fraction of sp³-hybridized carbons (Fsp3) is 0.500. The second-order valence-electron chi connectivity index (χ2n) is 4.42. The molecule has 1 aromatic rings. The summed E-state index contributed by atoms with van der Waals surface area (Å²) in [5.41, 5.74) is 4.34. The average molecular weight is 208 g/mol. The summed E-state index contributed by atoms with van der Waals surface area (Å²) < 4.78 is 13.7. The SMILES string of the molecule is Cc1ccc(C(CC2CC2)NN)c(F)c1. The van der Waals surface area contributed by atoms with Crippen molar-refractivity contribution in [1.82, 2.24) is 5.43 Å². The zero-order valence-electron chi connectivity index (χ0n) is 8.96. The molecule has 1 aliphatic carbocycles. The molecule has 3 heteroatoms. The van der Waals surface area contributed by atoms with Crippen molar-refractivity contribution < 1.29 is 4.39 Å². The Labute approximate surface area is 89.6 Å². The van der Waals surface area contributed by atoms with Gasteiger partial charge >= 0.3 is 0 Å². The topological polar surface area (TPSA) is 38.0 Å². The number of nitrogens with two attached hydrogens (primary N) is 1. The Morgan fingerprint density at radius 1 is 1.53 bits per heavy atom. The molecule has 0 radical (unpaired) electrons. The Balaban J connectivity index is 2.16. The van der Waals surface area contributed by atoms with Gasteiger partial charge in [0.05, 0.1) is 0 Å². The standard InChI is InChI=1S/C12H17FN2/c1-8-2-5-10(11(13)6-8)12(15-14)7-9-3-4-9/h2,5-6,9,12,15H,3-4,7,14H2,1H3. The molecule has 1 fully saturated rings. The van der Waals surface area contributed by atoms with Gasteiger partial charge in [0.15, 0.2) is 0 Å². The van der Waals surface area contributed by atoms with E-state index in [4.69, 9.17) is 5.84 Å². The van der Waals surface area contributed by atoms with Gasteiger partial charge in [-0.1, -0.05) is 25.0 Å². The first-order valence-electron chi connectivity index (χ1n) is 5.43. The van der Waals surface area contributed by atoms with Gasteiger partial charge in [-0.3, -0.25) is 11.3 Å². The fourth-order valence-corrected chi connectivity index (χ4v) is 1.89. The second kappa shape index (κ2) is 4.29. The maximum atomic E-state index is 13.7. The fourth-order valence-electron chi connectivity index (χ4n) is 1.89. The Bertz CT molecular complexity index is 347. The molecule has 2 nitrogen and oxygen atoms in total. The van der Waals surface area contributed by atoms with Crippen LogP contribution in [0.25, 0.3) is 0 Å². The minimum atomic E-state index is -0.154. The molecule has 0 amide bonds. The van der Waals surface area contributed by atoms with Crippen LogP contribution in [0, 0.1) is 18.7 Å². The normalized spacial score (nSPS) is 17.8. The Kier molecular flexibility index (Phi) is 3.03. The van der Waals surface area contributed by atoms with E-state index in [0.717, 1.165) is 17.9 Å². The largest absolute Gasteiger partial charge is 0.271 e. The number of hydrogen-bond acceptors (Lipinski definition) is 2. The predicted molar refractivity (Wildman–Crippen MR) is 58.5 cm³/mol. The van der Waals surface area contributed by atoms with Crippen molar-refractivity contribution in [1.29, 1.82) is 0 Å². The van der Waals surface area contributed by atoms with Gasteiger partial charge in [0.25, 0.3) is 0 Å². The van der Waals surface area contributed by atoms with E-state index in [0.29, 0.717) is 5.56 Å². The smallest absolute Gasteiger partial charge is 0.128 e. The number of halogens is 1. The lowest BCUT2D eigenvalue weighted by Gasteiger charge is -2.16. The van der Waals surface area contributed by atoms with Crippen LogP contribution in [-0.4, -0.2) is 0 Å². The molecule has 1 aromatic carbocycles. The minimum Gasteiger partial charge on any atom is -0.271 e. The molecule has 0 spiro atoms. The summed E-state index contributed by atoms with van der Waals surface area (Å²) in [7, 11) is 0. The molecule has 1 saturated carbocycles. The van der Waals surface area contributed by atoms with E-state index in [1.54, 1.807) is 6.07 Å². The highest BCUT2D eigenvalue weighted by Crippen LogP contribution is 2.37. The van der Waals surface area contributed by atoms with Crippen molar-refractivity contribution in [3.05, 3.63) is 35.1 Å². The third kappa shape index (κ3) is 2.55. The zero-order chi connectivity index (χ0) is 10.8. The van der Waals surface area contributed by atoms with Gasteiger partial charge < -0.3 is 0 Å². The molecule has 1 unspecified atom stereocenters. The van der Waals surface area contributed by atoms with Gasteiger partial charge in [0, 0.05) is 11.6 Å². The third-order valence-corrected chi connectivity index (χ3v) is 3.00. The lowest BCUT2D eigenvalue weighted by molar-refractivity contribution is 0.463. The quantitative estimate of drug-likeness (QED) is 0.589. The van der Waals surface area contributed by atoms with Crippen LogP contribution in [0.15, 0.2) is 18.2 Å². The van der Waals surface area contributed by atoms with Gasteiger partial charge in [-0.05, 0) is 30.9 Å². The van der Waals surface area contributed by atoms with Crippen molar-refractivity contribution in [3.63, 3.8) is 0 Å². The maximum Gasteiger partial charge on any atom is 0.128 e. The van der Waals surface area contributed by atoms with Crippen LogP contribution in [0.3, 0.4) is 0 Å².